The van der Waals surface area contributed by atoms with Crippen molar-refractivity contribution < 1.29 is 4.52 Å². The molecular formula is C19H18N6O. The van der Waals surface area contributed by atoms with Gasteiger partial charge in [-0.1, -0.05) is 65.8 Å². The zero-order valence-electron chi connectivity index (χ0n) is 14.6. The molecule has 0 unspecified atom stereocenters. The molecule has 4 rings (SSSR count). The highest BCUT2D eigenvalue weighted by molar-refractivity contribution is 5.52. The molecule has 0 atom stereocenters. The van der Waals surface area contributed by atoms with Gasteiger partial charge >= 0.3 is 0 Å². The van der Waals surface area contributed by atoms with Crippen LogP contribution in [0.25, 0.3) is 11.4 Å². The van der Waals surface area contributed by atoms with Crippen molar-refractivity contribution in [1.82, 2.24) is 30.3 Å². The lowest BCUT2D eigenvalue weighted by Crippen LogP contribution is -2.20. The van der Waals surface area contributed by atoms with E-state index in [1.165, 1.54) is 4.80 Å². The van der Waals surface area contributed by atoms with Crippen LogP contribution in [-0.2, 0) is 12.0 Å². The fraction of sp³-hybridized carbons (Fsp3) is 0.211. The average Bonchev–Trinajstić information content (AvgIpc) is 3.34. The number of rotatable bonds is 5. The predicted octanol–water partition coefficient (Wildman–Crippen LogP) is 3.10. The van der Waals surface area contributed by atoms with Crippen LogP contribution in [0.5, 0.6) is 0 Å². The van der Waals surface area contributed by atoms with Crippen LogP contribution in [0.4, 0.5) is 0 Å². The van der Waals surface area contributed by atoms with E-state index in [0.29, 0.717) is 17.5 Å². The van der Waals surface area contributed by atoms with Crippen LogP contribution in [-0.4, -0.2) is 30.3 Å². The topological polar surface area (TPSA) is 82.5 Å². The van der Waals surface area contributed by atoms with Gasteiger partial charge in [-0.2, -0.15) is 9.78 Å². The van der Waals surface area contributed by atoms with Crippen molar-refractivity contribution in [2.45, 2.75) is 25.8 Å². The first kappa shape index (κ1) is 16.1. The first-order valence-corrected chi connectivity index (χ1v) is 8.35. The molecule has 0 radical (unpaired) electrons. The molecule has 0 N–H and O–H groups in total. The number of hydrogen-bond acceptors (Lipinski definition) is 6. The van der Waals surface area contributed by atoms with E-state index in [2.05, 4.69) is 51.5 Å². The van der Waals surface area contributed by atoms with Gasteiger partial charge in [0, 0.05) is 5.56 Å². The summed E-state index contributed by atoms with van der Waals surface area (Å²) >= 11 is 0. The minimum absolute atomic E-state index is 0.275. The van der Waals surface area contributed by atoms with E-state index >= 15 is 0 Å². The van der Waals surface area contributed by atoms with Crippen molar-refractivity contribution in [2.75, 3.05) is 0 Å². The van der Waals surface area contributed by atoms with E-state index in [1.54, 1.807) is 0 Å². The lowest BCUT2D eigenvalue weighted by Gasteiger charge is -2.20. The highest BCUT2D eigenvalue weighted by atomic mass is 16.5. The Morgan fingerprint density at radius 2 is 1.65 bits per heavy atom. The summed E-state index contributed by atoms with van der Waals surface area (Å²) in [6.45, 7) is 4.41. The first-order chi connectivity index (χ1) is 12.6. The highest BCUT2D eigenvalue weighted by Gasteiger charge is 2.29. The maximum absolute atomic E-state index is 5.40. The van der Waals surface area contributed by atoms with E-state index < -0.39 is 0 Å². The van der Waals surface area contributed by atoms with Gasteiger partial charge < -0.3 is 4.52 Å². The Balaban J connectivity index is 1.53. The molecule has 0 aliphatic heterocycles. The molecule has 26 heavy (non-hydrogen) atoms. The van der Waals surface area contributed by atoms with Gasteiger partial charge in [-0.15, -0.1) is 10.2 Å². The summed E-state index contributed by atoms with van der Waals surface area (Å²) in [5.74, 6) is 1.64. The van der Waals surface area contributed by atoms with E-state index in [9.17, 15) is 0 Å². The fourth-order valence-corrected chi connectivity index (χ4v) is 2.69. The van der Waals surface area contributed by atoms with E-state index in [-0.39, 0.29) is 12.0 Å². The second-order valence-corrected chi connectivity index (χ2v) is 6.51. The quantitative estimate of drug-likeness (QED) is 0.552. The van der Waals surface area contributed by atoms with Gasteiger partial charge in [0.05, 0.1) is 5.41 Å². The van der Waals surface area contributed by atoms with E-state index in [1.807, 2.05) is 48.5 Å². The molecule has 2 aromatic carbocycles. The molecule has 0 amide bonds. The average molecular weight is 346 g/mol. The van der Waals surface area contributed by atoms with Gasteiger partial charge in [-0.25, -0.2) is 0 Å². The van der Waals surface area contributed by atoms with E-state index in [4.69, 9.17) is 4.52 Å². The minimum atomic E-state index is -0.353. The summed E-state index contributed by atoms with van der Waals surface area (Å²) < 4.78 is 5.40. The molecule has 0 aliphatic carbocycles. The molecule has 130 valence electrons. The Morgan fingerprint density at radius 1 is 0.962 bits per heavy atom. The van der Waals surface area contributed by atoms with Crippen LogP contribution in [0, 0.1) is 0 Å². The van der Waals surface area contributed by atoms with Gasteiger partial charge in [0.2, 0.25) is 11.7 Å². The van der Waals surface area contributed by atoms with Gasteiger partial charge in [0.1, 0.15) is 6.54 Å². The lowest BCUT2D eigenvalue weighted by atomic mass is 9.84. The molecule has 7 nitrogen and oxygen atoms in total. The van der Waals surface area contributed by atoms with Gasteiger partial charge in [0.15, 0.2) is 5.82 Å². The monoisotopic (exact) mass is 346 g/mol. The maximum atomic E-state index is 5.40. The molecule has 0 fully saturated rings. The van der Waals surface area contributed by atoms with E-state index in [0.717, 1.165) is 11.1 Å². The number of aromatic nitrogens is 6. The second kappa shape index (κ2) is 6.51. The number of benzene rings is 2. The van der Waals surface area contributed by atoms with Crippen molar-refractivity contribution in [3.63, 3.8) is 0 Å². The molecule has 0 bridgehead atoms. The molecule has 4 aromatic rings. The van der Waals surface area contributed by atoms with Crippen molar-refractivity contribution in [3.05, 3.63) is 77.9 Å². The molecule has 2 aromatic heterocycles. The molecule has 0 aliphatic rings. The summed E-state index contributed by atoms with van der Waals surface area (Å²) in [6, 6.07) is 19.8. The van der Waals surface area contributed by atoms with Gasteiger partial charge in [-0.3, -0.25) is 0 Å². The summed E-state index contributed by atoms with van der Waals surface area (Å²) in [4.78, 5) is 5.98. The predicted molar refractivity (Wildman–Crippen MR) is 95.2 cm³/mol. The summed E-state index contributed by atoms with van der Waals surface area (Å²) in [6.07, 6.45) is 0. The lowest BCUT2D eigenvalue weighted by molar-refractivity contribution is 0.347. The van der Waals surface area contributed by atoms with Crippen molar-refractivity contribution in [3.8, 4) is 11.4 Å². The smallest absolute Gasteiger partial charge is 0.250 e. The SMILES string of the molecule is CC(C)(c1ccccc1)c1noc(Cn2nnc(-c3ccccc3)n2)n1. The Hall–Kier alpha value is -3.35. The zero-order valence-corrected chi connectivity index (χ0v) is 14.6. The number of tetrazole rings is 1. The number of hydrogen-bond donors (Lipinski definition) is 0. The third kappa shape index (κ3) is 3.11. The summed E-state index contributed by atoms with van der Waals surface area (Å²) in [5, 5.41) is 16.7. The Morgan fingerprint density at radius 3 is 2.38 bits per heavy atom. The molecule has 0 saturated heterocycles. The summed E-state index contributed by atoms with van der Waals surface area (Å²) in [7, 11) is 0. The zero-order chi connectivity index (χ0) is 18.0. The van der Waals surface area contributed by atoms with Crippen LogP contribution in [0.1, 0.15) is 31.1 Å². The van der Waals surface area contributed by atoms with Crippen molar-refractivity contribution >= 4 is 0 Å². The molecule has 0 spiro atoms. The molecule has 2 heterocycles. The Kier molecular flexibility index (Phi) is 4.04. The highest BCUT2D eigenvalue weighted by Crippen LogP contribution is 2.29. The van der Waals surface area contributed by atoms with Gasteiger partial charge in [0.25, 0.3) is 0 Å². The van der Waals surface area contributed by atoms with Crippen molar-refractivity contribution in [2.24, 2.45) is 0 Å². The second-order valence-electron chi connectivity index (χ2n) is 6.51. The van der Waals surface area contributed by atoms with Crippen LogP contribution in [0.2, 0.25) is 0 Å². The standard InChI is InChI=1S/C19H18N6O/c1-19(2,15-11-7-4-8-12-15)18-20-16(26-23-18)13-25-22-17(21-24-25)14-9-5-3-6-10-14/h3-12H,13H2,1-2H3. The first-order valence-electron chi connectivity index (χ1n) is 8.35. The Labute approximate surface area is 150 Å². The molecular weight excluding hydrogens is 328 g/mol. The normalized spacial score (nSPS) is 11.6. The maximum Gasteiger partial charge on any atom is 0.250 e. The molecule has 7 heteroatoms. The van der Waals surface area contributed by atoms with Crippen LogP contribution in [0.15, 0.2) is 65.2 Å². The third-order valence-corrected chi connectivity index (χ3v) is 4.28. The minimum Gasteiger partial charge on any atom is -0.337 e. The largest absolute Gasteiger partial charge is 0.337 e. The fourth-order valence-electron chi connectivity index (χ4n) is 2.69. The summed E-state index contributed by atoms with van der Waals surface area (Å²) in [5.41, 5.74) is 1.68. The Bertz CT molecular complexity index is 991. The van der Waals surface area contributed by atoms with Crippen LogP contribution >= 0.6 is 0 Å². The third-order valence-electron chi connectivity index (χ3n) is 4.28. The molecule has 0 saturated carbocycles. The van der Waals surface area contributed by atoms with Gasteiger partial charge in [-0.05, 0) is 24.6 Å². The van der Waals surface area contributed by atoms with Crippen LogP contribution in [0.3, 0.4) is 0 Å². The van der Waals surface area contributed by atoms with Crippen molar-refractivity contribution in [1.29, 1.82) is 0 Å². The number of nitrogens with zero attached hydrogens (tertiary/aromatic N) is 6. The van der Waals surface area contributed by atoms with Crippen LogP contribution < -0.4 is 0 Å².